The van der Waals surface area contributed by atoms with Gasteiger partial charge in [-0.3, -0.25) is 4.79 Å². The predicted molar refractivity (Wildman–Crippen MR) is 174 cm³/mol. The van der Waals surface area contributed by atoms with Gasteiger partial charge in [0.1, 0.15) is 5.00 Å². The van der Waals surface area contributed by atoms with Crippen molar-refractivity contribution in [1.29, 1.82) is 0 Å². The number of thiophene rings is 1. The molecule has 0 radical (unpaired) electrons. The molecule has 1 aliphatic rings. The molecular weight excluding hydrogens is 522 g/mol. The molecule has 5 heteroatoms. The van der Waals surface area contributed by atoms with Crippen LogP contribution >= 0.6 is 11.3 Å². The first kappa shape index (κ1) is 27.2. The number of nitrogens with zero attached hydrogens (tertiary/aromatic N) is 2. The third-order valence-electron chi connectivity index (χ3n) is 8.42. The van der Waals surface area contributed by atoms with Crippen molar-refractivity contribution >= 4 is 45.0 Å². The molecule has 1 aliphatic carbocycles. The lowest BCUT2D eigenvalue weighted by atomic mass is 9.96. The van der Waals surface area contributed by atoms with Crippen LogP contribution in [0.5, 0.6) is 0 Å². The van der Waals surface area contributed by atoms with E-state index in [0.717, 1.165) is 47.6 Å². The number of carbonyl (C=O) groups is 1. The van der Waals surface area contributed by atoms with Gasteiger partial charge >= 0.3 is 0 Å². The van der Waals surface area contributed by atoms with E-state index >= 15 is 0 Å². The Balaban J connectivity index is 1.40. The number of rotatable bonds is 6. The Morgan fingerprint density at radius 2 is 1.66 bits per heavy atom. The molecule has 2 heterocycles. The summed E-state index contributed by atoms with van der Waals surface area (Å²) in [6.07, 6.45) is 8.70. The maximum Gasteiger partial charge on any atom is 0.259 e. The smallest absolute Gasteiger partial charge is 0.259 e. The van der Waals surface area contributed by atoms with Crippen LogP contribution in [0.25, 0.3) is 10.9 Å². The molecule has 1 amide bonds. The summed E-state index contributed by atoms with van der Waals surface area (Å²) >= 11 is 1.70. The Kier molecular flexibility index (Phi) is 7.89. The van der Waals surface area contributed by atoms with Gasteiger partial charge in [0.15, 0.2) is 0 Å². The average molecular weight is 560 g/mol. The summed E-state index contributed by atoms with van der Waals surface area (Å²) in [5, 5.41) is 5.20. The molecule has 0 spiro atoms. The number of nitrogens with one attached hydrogen (secondary N) is 1. The van der Waals surface area contributed by atoms with Crippen LogP contribution in [0.3, 0.4) is 0 Å². The summed E-state index contributed by atoms with van der Waals surface area (Å²) in [7, 11) is 0. The molecule has 41 heavy (non-hydrogen) atoms. The second-order valence-corrected chi connectivity index (χ2v) is 12.3. The van der Waals surface area contributed by atoms with Crippen molar-refractivity contribution in [3.63, 3.8) is 0 Å². The predicted octanol–water partition coefficient (Wildman–Crippen LogP) is 9.34. The number of aliphatic imine (C=N–C) groups is 1. The number of hydrogen-bond donors (Lipinski definition) is 1. The van der Waals surface area contributed by atoms with Crippen LogP contribution in [0, 0.1) is 20.8 Å². The molecule has 3 aromatic carbocycles. The Labute approximate surface area is 246 Å². The molecule has 0 aliphatic heterocycles. The minimum absolute atomic E-state index is 0.0540. The first-order chi connectivity index (χ1) is 20.0. The summed E-state index contributed by atoms with van der Waals surface area (Å²) in [4.78, 5) is 20.3. The normalized spacial score (nSPS) is 13.7. The summed E-state index contributed by atoms with van der Waals surface area (Å²) in [6, 6.07) is 25.2. The molecule has 0 unspecified atom stereocenters. The highest BCUT2D eigenvalue weighted by Gasteiger charge is 2.24. The summed E-state index contributed by atoms with van der Waals surface area (Å²) in [6.45, 7) is 7.15. The van der Waals surface area contributed by atoms with Crippen molar-refractivity contribution < 1.29 is 4.79 Å². The van der Waals surface area contributed by atoms with Crippen molar-refractivity contribution in [2.45, 2.75) is 65.8 Å². The molecule has 208 valence electrons. The zero-order valence-corrected chi connectivity index (χ0v) is 25.0. The molecule has 1 N–H and O–H groups in total. The van der Waals surface area contributed by atoms with Gasteiger partial charge in [-0.05, 0) is 86.9 Å². The van der Waals surface area contributed by atoms with E-state index in [2.05, 4.69) is 97.4 Å². The number of amides is 1. The van der Waals surface area contributed by atoms with Gasteiger partial charge in [-0.15, -0.1) is 11.3 Å². The van der Waals surface area contributed by atoms with E-state index in [4.69, 9.17) is 4.99 Å². The van der Waals surface area contributed by atoms with Gasteiger partial charge in [-0.25, -0.2) is 4.99 Å². The quantitative estimate of drug-likeness (QED) is 0.207. The number of anilines is 1. The van der Waals surface area contributed by atoms with Gasteiger partial charge in [0.2, 0.25) is 0 Å². The molecule has 6 rings (SSSR count). The van der Waals surface area contributed by atoms with Crippen molar-refractivity contribution in [2.75, 3.05) is 5.32 Å². The topological polar surface area (TPSA) is 46.4 Å². The Bertz CT molecular complexity index is 1740. The van der Waals surface area contributed by atoms with Crippen LogP contribution in [0.2, 0.25) is 0 Å². The average Bonchev–Trinajstić information content (AvgIpc) is 3.43. The molecular formula is C36H37N3OS. The molecule has 4 nitrogen and oxygen atoms in total. The van der Waals surface area contributed by atoms with Gasteiger partial charge in [0, 0.05) is 45.5 Å². The number of fused-ring (bicyclic) bond motifs is 2. The summed E-state index contributed by atoms with van der Waals surface area (Å²) in [5.41, 5.74) is 9.93. The fourth-order valence-corrected chi connectivity index (χ4v) is 7.19. The number of benzene rings is 3. The van der Waals surface area contributed by atoms with E-state index in [1.54, 1.807) is 11.3 Å². The lowest BCUT2D eigenvalue weighted by Crippen LogP contribution is -2.14. The van der Waals surface area contributed by atoms with Crippen LogP contribution in [-0.4, -0.2) is 16.7 Å². The minimum atomic E-state index is -0.0540. The van der Waals surface area contributed by atoms with Gasteiger partial charge in [0.05, 0.1) is 5.56 Å². The largest absolute Gasteiger partial charge is 0.340 e. The zero-order chi connectivity index (χ0) is 28.3. The number of hydrogen-bond acceptors (Lipinski definition) is 3. The lowest BCUT2D eigenvalue weighted by molar-refractivity contribution is 0.102. The van der Waals surface area contributed by atoms with Crippen molar-refractivity contribution in [1.82, 2.24) is 4.57 Å². The minimum Gasteiger partial charge on any atom is -0.340 e. The number of carbonyl (C=O) groups excluding carboxylic acids is 1. The van der Waals surface area contributed by atoms with Crippen LogP contribution < -0.4 is 5.32 Å². The number of para-hydroxylation sites is 1. The van der Waals surface area contributed by atoms with Crippen molar-refractivity contribution in [3.05, 3.63) is 117 Å². The Morgan fingerprint density at radius 3 is 2.46 bits per heavy atom. The summed E-state index contributed by atoms with van der Waals surface area (Å²) in [5.74, 6) is -0.0540. The number of aromatic nitrogens is 1. The van der Waals surface area contributed by atoms with Gasteiger partial charge in [-0.2, -0.15) is 0 Å². The third kappa shape index (κ3) is 5.64. The standard InChI is InChI=1S/C36H37N3OS/c1-24-19-20-28(21-25(24)2)38-35(40)34-30-16-9-4-5-10-18-33(30)41-36(34)37-22-31-26(3)39(23-27-13-7-6-8-14-27)32-17-12-11-15-29(31)32/h6-8,11-15,17,19-22H,4-5,9-10,16,18,23H2,1-3H3,(H,38,40). The maximum absolute atomic E-state index is 13.9. The first-order valence-corrected chi connectivity index (χ1v) is 15.5. The second kappa shape index (κ2) is 11.9. The number of aryl methyl sites for hydroxylation is 3. The van der Waals surface area contributed by atoms with E-state index < -0.39 is 0 Å². The molecule has 0 bridgehead atoms. The van der Waals surface area contributed by atoms with E-state index in [1.165, 1.54) is 63.0 Å². The van der Waals surface area contributed by atoms with E-state index in [1.807, 2.05) is 12.3 Å². The van der Waals surface area contributed by atoms with Crippen LogP contribution in [0.1, 0.15) is 74.4 Å². The molecule has 0 atom stereocenters. The van der Waals surface area contributed by atoms with Gasteiger partial charge in [0.25, 0.3) is 5.91 Å². The fraction of sp³-hybridized carbons (Fsp3) is 0.278. The Hall–Kier alpha value is -3.96. The summed E-state index contributed by atoms with van der Waals surface area (Å²) < 4.78 is 2.37. The van der Waals surface area contributed by atoms with Crippen LogP contribution in [0.4, 0.5) is 10.7 Å². The van der Waals surface area contributed by atoms with Crippen molar-refractivity contribution in [2.24, 2.45) is 4.99 Å². The zero-order valence-electron chi connectivity index (χ0n) is 24.2. The molecule has 5 aromatic rings. The molecule has 0 fully saturated rings. The Morgan fingerprint density at radius 1 is 0.902 bits per heavy atom. The highest BCUT2D eigenvalue weighted by molar-refractivity contribution is 7.16. The molecule has 2 aromatic heterocycles. The monoisotopic (exact) mass is 559 g/mol. The van der Waals surface area contributed by atoms with Crippen LogP contribution in [0.15, 0.2) is 77.8 Å². The lowest BCUT2D eigenvalue weighted by Gasteiger charge is -2.12. The van der Waals surface area contributed by atoms with E-state index in [0.29, 0.717) is 0 Å². The highest BCUT2D eigenvalue weighted by Crippen LogP contribution is 2.40. The van der Waals surface area contributed by atoms with E-state index in [9.17, 15) is 4.79 Å². The fourth-order valence-electron chi connectivity index (χ4n) is 5.96. The van der Waals surface area contributed by atoms with Crippen LogP contribution in [-0.2, 0) is 19.4 Å². The molecule has 0 saturated carbocycles. The first-order valence-electron chi connectivity index (χ1n) is 14.7. The van der Waals surface area contributed by atoms with E-state index in [-0.39, 0.29) is 5.91 Å². The van der Waals surface area contributed by atoms with Gasteiger partial charge < -0.3 is 9.88 Å². The molecule has 0 saturated heterocycles. The SMILES string of the molecule is Cc1ccc(NC(=O)c2c(N=Cc3c(C)n(Cc4ccccc4)c4ccccc34)sc3c2CCCCCC3)cc1C. The van der Waals surface area contributed by atoms with Gasteiger partial charge in [-0.1, -0.05) is 67.4 Å². The van der Waals surface area contributed by atoms with Crippen molar-refractivity contribution in [3.8, 4) is 0 Å². The third-order valence-corrected chi connectivity index (χ3v) is 9.62. The second-order valence-electron chi connectivity index (χ2n) is 11.2. The highest BCUT2D eigenvalue weighted by atomic mass is 32.1. The maximum atomic E-state index is 13.9.